The Balaban J connectivity index is 2.46. The van der Waals surface area contributed by atoms with Crippen LogP contribution in [0.5, 0.6) is 0 Å². The molecule has 2 heterocycles. The van der Waals surface area contributed by atoms with Crippen molar-refractivity contribution in [1.29, 1.82) is 0 Å². The van der Waals surface area contributed by atoms with Gasteiger partial charge in [0.05, 0.1) is 5.69 Å². The predicted molar refractivity (Wildman–Crippen MR) is 59.8 cm³/mol. The van der Waals surface area contributed by atoms with E-state index in [1.165, 1.54) is 0 Å². The minimum absolute atomic E-state index is 0.195. The van der Waals surface area contributed by atoms with E-state index in [0.29, 0.717) is 5.82 Å². The third-order valence-corrected chi connectivity index (χ3v) is 2.13. The summed E-state index contributed by atoms with van der Waals surface area (Å²) in [6.45, 7) is 1.95. The fraction of sp³-hybridized carbons (Fsp3) is 0.111. The van der Waals surface area contributed by atoms with Crippen LogP contribution >= 0.6 is 12.2 Å². The Kier molecular flexibility index (Phi) is 2.42. The van der Waals surface area contributed by atoms with E-state index in [0.717, 1.165) is 11.3 Å². The number of hydrogen-bond acceptors (Lipinski definition) is 4. The van der Waals surface area contributed by atoms with E-state index in [1.807, 2.05) is 13.0 Å². The van der Waals surface area contributed by atoms with E-state index in [-0.39, 0.29) is 4.99 Å². The lowest BCUT2D eigenvalue weighted by Gasteiger charge is -2.02. The molecule has 0 aromatic carbocycles. The number of hydrogen-bond donors (Lipinski definition) is 1. The van der Waals surface area contributed by atoms with Crippen LogP contribution in [0, 0.1) is 6.92 Å². The average Bonchev–Trinajstić information content (AvgIpc) is 2.67. The second-order valence-corrected chi connectivity index (χ2v) is 3.48. The SMILES string of the molecule is Cc1cnccc1-n1cnc(C(N)=S)n1. The molecule has 0 aliphatic heterocycles. The van der Waals surface area contributed by atoms with E-state index in [2.05, 4.69) is 15.1 Å². The standard InChI is InChI=1S/C9H9N5S/c1-6-4-11-3-2-7(6)14-5-12-9(13-14)8(10)15/h2-5H,1H3,(H2,10,15). The Morgan fingerprint density at radius 3 is 2.93 bits per heavy atom. The molecule has 0 atom stereocenters. The summed E-state index contributed by atoms with van der Waals surface area (Å²) < 4.78 is 1.63. The van der Waals surface area contributed by atoms with Gasteiger partial charge < -0.3 is 5.73 Å². The van der Waals surface area contributed by atoms with Crippen LogP contribution in [0.25, 0.3) is 5.69 Å². The summed E-state index contributed by atoms with van der Waals surface area (Å²) in [6, 6.07) is 1.85. The third-order valence-electron chi connectivity index (χ3n) is 1.95. The van der Waals surface area contributed by atoms with Gasteiger partial charge in [0, 0.05) is 12.4 Å². The first-order valence-electron chi connectivity index (χ1n) is 4.31. The molecule has 0 saturated carbocycles. The van der Waals surface area contributed by atoms with Gasteiger partial charge in [0.1, 0.15) is 11.3 Å². The first kappa shape index (κ1) is 9.72. The molecule has 2 aromatic heterocycles. The van der Waals surface area contributed by atoms with Crippen LogP contribution in [0.15, 0.2) is 24.8 Å². The van der Waals surface area contributed by atoms with Gasteiger partial charge >= 0.3 is 0 Å². The molecule has 0 saturated heterocycles. The van der Waals surface area contributed by atoms with Crippen molar-refractivity contribution in [2.75, 3.05) is 0 Å². The lowest BCUT2D eigenvalue weighted by Crippen LogP contribution is -2.12. The van der Waals surface area contributed by atoms with Gasteiger partial charge in [0.25, 0.3) is 0 Å². The highest BCUT2D eigenvalue weighted by molar-refractivity contribution is 7.80. The van der Waals surface area contributed by atoms with E-state index in [1.54, 1.807) is 23.4 Å². The van der Waals surface area contributed by atoms with Gasteiger partial charge in [-0.1, -0.05) is 12.2 Å². The largest absolute Gasteiger partial charge is 0.387 e. The Hall–Kier alpha value is -1.82. The quantitative estimate of drug-likeness (QED) is 0.749. The smallest absolute Gasteiger partial charge is 0.208 e. The summed E-state index contributed by atoms with van der Waals surface area (Å²) in [5, 5.41) is 4.15. The van der Waals surface area contributed by atoms with Crippen molar-refractivity contribution in [3.05, 3.63) is 36.2 Å². The molecule has 2 aromatic rings. The van der Waals surface area contributed by atoms with Crippen molar-refractivity contribution >= 4 is 17.2 Å². The summed E-state index contributed by atoms with van der Waals surface area (Å²) in [4.78, 5) is 8.19. The third kappa shape index (κ3) is 1.84. The molecule has 0 unspecified atom stereocenters. The number of nitrogens with two attached hydrogens (primary N) is 1. The zero-order valence-corrected chi connectivity index (χ0v) is 8.90. The zero-order valence-electron chi connectivity index (χ0n) is 8.08. The van der Waals surface area contributed by atoms with Gasteiger partial charge in [0.15, 0.2) is 0 Å². The van der Waals surface area contributed by atoms with Crippen LogP contribution in [0.2, 0.25) is 0 Å². The predicted octanol–water partition coefficient (Wildman–Crippen LogP) is 0.605. The highest BCUT2D eigenvalue weighted by atomic mass is 32.1. The molecular weight excluding hydrogens is 210 g/mol. The topological polar surface area (TPSA) is 69.6 Å². The molecule has 0 radical (unpaired) electrons. The van der Waals surface area contributed by atoms with Crippen LogP contribution in [0.3, 0.4) is 0 Å². The molecule has 2 rings (SSSR count). The van der Waals surface area contributed by atoms with Gasteiger partial charge in [-0.2, -0.15) is 0 Å². The molecule has 5 nitrogen and oxygen atoms in total. The van der Waals surface area contributed by atoms with Crippen molar-refractivity contribution < 1.29 is 0 Å². The lowest BCUT2D eigenvalue weighted by molar-refractivity contribution is 0.864. The monoisotopic (exact) mass is 219 g/mol. The minimum Gasteiger partial charge on any atom is -0.387 e. The highest BCUT2D eigenvalue weighted by Gasteiger charge is 2.06. The van der Waals surface area contributed by atoms with Gasteiger partial charge in [-0.3, -0.25) is 4.98 Å². The number of thiocarbonyl (C=S) groups is 1. The molecule has 2 N–H and O–H groups in total. The first-order valence-corrected chi connectivity index (χ1v) is 4.72. The molecular formula is C9H9N5S. The first-order chi connectivity index (χ1) is 7.18. The number of rotatable bonds is 2. The van der Waals surface area contributed by atoms with Crippen molar-refractivity contribution in [2.24, 2.45) is 5.73 Å². The van der Waals surface area contributed by atoms with E-state index in [9.17, 15) is 0 Å². The maximum absolute atomic E-state index is 5.42. The minimum atomic E-state index is 0.195. The second-order valence-electron chi connectivity index (χ2n) is 3.04. The fourth-order valence-corrected chi connectivity index (χ4v) is 1.31. The summed E-state index contributed by atoms with van der Waals surface area (Å²) >= 11 is 4.79. The Bertz CT molecular complexity index is 505. The van der Waals surface area contributed by atoms with E-state index < -0.39 is 0 Å². The van der Waals surface area contributed by atoms with Crippen molar-refractivity contribution in [2.45, 2.75) is 6.92 Å². The van der Waals surface area contributed by atoms with Crippen LogP contribution in [-0.4, -0.2) is 24.7 Å². The number of pyridine rings is 1. The molecule has 6 heteroatoms. The zero-order chi connectivity index (χ0) is 10.8. The summed E-state index contributed by atoms with van der Waals surface area (Å²) in [5.74, 6) is 0.376. The molecule has 0 aliphatic rings. The van der Waals surface area contributed by atoms with Crippen LogP contribution in [0.4, 0.5) is 0 Å². The number of aryl methyl sites for hydroxylation is 1. The molecule has 15 heavy (non-hydrogen) atoms. The Morgan fingerprint density at radius 1 is 1.53 bits per heavy atom. The van der Waals surface area contributed by atoms with Crippen LogP contribution in [-0.2, 0) is 0 Å². The summed E-state index contributed by atoms with van der Waals surface area (Å²) in [5.41, 5.74) is 7.35. The molecule has 0 aliphatic carbocycles. The van der Waals surface area contributed by atoms with Gasteiger partial charge in [-0.15, -0.1) is 5.10 Å². The Labute approximate surface area is 92.0 Å². The molecule has 0 amide bonds. The Morgan fingerprint density at radius 2 is 2.33 bits per heavy atom. The maximum atomic E-state index is 5.42. The van der Waals surface area contributed by atoms with Crippen molar-refractivity contribution in [3.63, 3.8) is 0 Å². The molecule has 0 spiro atoms. The van der Waals surface area contributed by atoms with Gasteiger partial charge in [-0.05, 0) is 18.6 Å². The number of aromatic nitrogens is 4. The summed E-state index contributed by atoms with van der Waals surface area (Å²) in [7, 11) is 0. The van der Waals surface area contributed by atoms with Crippen LogP contribution in [0.1, 0.15) is 11.4 Å². The summed E-state index contributed by atoms with van der Waals surface area (Å²) in [6.07, 6.45) is 5.04. The number of nitrogens with zero attached hydrogens (tertiary/aromatic N) is 4. The van der Waals surface area contributed by atoms with E-state index in [4.69, 9.17) is 18.0 Å². The lowest BCUT2D eigenvalue weighted by atomic mass is 10.3. The van der Waals surface area contributed by atoms with Crippen molar-refractivity contribution in [1.82, 2.24) is 19.7 Å². The van der Waals surface area contributed by atoms with E-state index >= 15 is 0 Å². The van der Waals surface area contributed by atoms with Crippen molar-refractivity contribution in [3.8, 4) is 5.69 Å². The highest BCUT2D eigenvalue weighted by Crippen LogP contribution is 2.09. The maximum Gasteiger partial charge on any atom is 0.208 e. The molecule has 76 valence electrons. The van der Waals surface area contributed by atoms with Gasteiger partial charge in [0.2, 0.25) is 5.82 Å². The normalized spacial score (nSPS) is 10.2. The molecule has 0 fully saturated rings. The second kappa shape index (κ2) is 3.74. The average molecular weight is 219 g/mol. The fourth-order valence-electron chi connectivity index (χ4n) is 1.22. The molecule has 0 bridgehead atoms. The van der Waals surface area contributed by atoms with Crippen LogP contribution < -0.4 is 5.73 Å². The van der Waals surface area contributed by atoms with Gasteiger partial charge in [-0.25, -0.2) is 9.67 Å².